The van der Waals surface area contributed by atoms with E-state index in [1.165, 1.54) is 0 Å². The van der Waals surface area contributed by atoms with Crippen molar-refractivity contribution in [3.05, 3.63) is 29.8 Å². The molecule has 1 amide bonds. The summed E-state index contributed by atoms with van der Waals surface area (Å²) in [4.78, 5) is 23.2. The third kappa shape index (κ3) is 4.99. The van der Waals surface area contributed by atoms with E-state index in [2.05, 4.69) is 5.32 Å². The molecule has 1 aromatic rings. The molecule has 0 bridgehead atoms. The molecule has 1 rings (SSSR count). The zero-order valence-corrected chi connectivity index (χ0v) is 11.3. The number of rotatable bonds is 6. The van der Waals surface area contributed by atoms with E-state index in [1.807, 2.05) is 13.8 Å². The van der Waals surface area contributed by atoms with Crippen LogP contribution in [0.5, 0.6) is 0 Å². The van der Waals surface area contributed by atoms with Crippen LogP contribution in [0.4, 0.5) is 5.69 Å². The van der Waals surface area contributed by atoms with Crippen molar-refractivity contribution in [2.75, 3.05) is 12.3 Å². The van der Waals surface area contributed by atoms with Crippen LogP contribution in [0.2, 0.25) is 0 Å². The van der Waals surface area contributed by atoms with E-state index >= 15 is 0 Å². The molecule has 5 nitrogen and oxygen atoms in total. The van der Waals surface area contributed by atoms with Gasteiger partial charge in [-0.2, -0.15) is 0 Å². The molecule has 0 spiro atoms. The highest BCUT2D eigenvalue weighted by molar-refractivity contribution is 5.91. The van der Waals surface area contributed by atoms with E-state index in [1.54, 1.807) is 24.3 Å². The molecule has 0 radical (unpaired) electrons. The Balaban J connectivity index is 2.41. The number of carbonyl (C=O) groups is 2. The Morgan fingerprint density at radius 2 is 1.79 bits per heavy atom. The molecule has 0 unspecified atom stereocenters. The van der Waals surface area contributed by atoms with Crippen molar-refractivity contribution in [3.8, 4) is 0 Å². The quantitative estimate of drug-likeness (QED) is 0.605. The van der Waals surface area contributed by atoms with E-state index < -0.39 is 5.97 Å². The number of nitrogens with two attached hydrogens (primary N) is 1. The number of esters is 1. The highest BCUT2D eigenvalue weighted by Gasteiger charge is 2.12. The number of anilines is 1. The molecule has 0 saturated carbocycles. The standard InChI is InChI=1S/C14H20N2O3/c1-3-12(4-2)16-13(17)9-19-14(18)10-5-7-11(15)8-6-10/h5-8,12H,3-4,9,15H2,1-2H3,(H,16,17). The smallest absolute Gasteiger partial charge is 0.338 e. The van der Waals surface area contributed by atoms with Gasteiger partial charge in [-0.3, -0.25) is 4.79 Å². The summed E-state index contributed by atoms with van der Waals surface area (Å²) < 4.78 is 4.93. The Kier molecular flexibility index (Phi) is 5.85. The van der Waals surface area contributed by atoms with Crippen LogP contribution < -0.4 is 11.1 Å². The van der Waals surface area contributed by atoms with Gasteiger partial charge in [-0.05, 0) is 37.1 Å². The molecular weight excluding hydrogens is 244 g/mol. The maximum absolute atomic E-state index is 11.6. The zero-order chi connectivity index (χ0) is 14.3. The SMILES string of the molecule is CCC(CC)NC(=O)COC(=O)c1ccc(N)cc1. The molecule has 0 aliphatic rings. The number of nitrogen functional groups attached to an aromatic ring is 1. The molecule has 0 aliphatic heterocycles. The first-order valence-electron chi connectivity index (χ1n) is 6.38. The lowest BCUT2D eigenvalue weighted by molar-refractivity contribution is -0.125. The lowest BCUT2D eigenvalue weighted by Crippen LogP contribution is -2.36. The summed E-state index contributed by atoms with van der Waals surface area (Å²) in [5, 5.41) is 2.80. The average Bonchev–Trinajstić information content (AvgIpc) is 2.43. The van der Waals surface area contributed by atoms with Gasteiger partial charge in [-0.25, -0.2) is 4.79 Å². The van der Waals surface area contributed by atoms with E-state index in [9.17, 15) is 9.59 Å². The van der Waals surface area contributed by atoms with Gasteiger partial charge in [0, 0.05) is 11.7 Å². The Morgan fingerprint density at radius 3 is 2.32 bits per heavy atom. The topological polar surface area (TPSA) is 81.4 Å². The van der Waals surface area contributed by atoms with Gasteiger partial charge in [-0.1, -0.05) is 13.8 Å². The summed E-state index contributed by atoms with van der Waals surface area (Å²) in [5.41, 5.74) is 6.47. The van der Waals surface area contributed by atoms with Gasteiger partial charge in [0.2, 0.25) is 0 Å². The van der Waals surface area contributed by atoms with Crippen LogP contribution in [0.25, 0.3) is 0 Å². The maximum atomic E-state index is 11.6. The third-order valence-electron chi connectivity index (χ3n) is 2.83. The minimum Gasteiger partial charge on any atom is -0.452 e. The van der Waals surface area contributed by atoms with Crippen molar-refractivity contribution < 1.29 is 14.3 Å². The van der Waals surface area contributed by atoms with Crippen molar-refractivity contribution in [3.63, 3.8) is 0 Å². The predicted molar refractivity (Wildman–Crippen MR) is 73.6 cm³/mol. The predicted octanol–water partition coefficient (Wildman–Crippen LogP) is 1.73. The first-order chi connectivity index (χ1) is 9.06. The fourth-order valence-corrected chi connectivity index (χ4v) is 1.60. The molecule has 0 aliphatic carbocycles. The van der Waals surface area contributed by atoms with E-state index in [0.29, 0.717) is 11.3 Å². The minimum atomic E-state index is -0.528. The van der Waals surface area contributed by atoms with E-state index in [0.717, 1.165) is 12.8 Å². The summed E-state index contributed by atoms with van der Waals surface area (Å²) in [6.45, 7) is 3.73. The van der Waals surface area contributed by atoms with Gasteiger partial charge >= 0.3 is 5.97 Å². The summed E-state index contributed by atoms with van der Waals surface area (Å²) in [6, 6.07) is 6.48. The van der Waals surface area contributed by atoms with Crippen molar-refractivity contribution in [1.29, 1.82) is 0 Å². The molecule has 0 heterocycles. The van der Waals surface area contributed by atoms with Crippen LogP contribution >= 0.6 is 0 Å². The van der Waals surface area contributed by atoms with Crippen molar-refractivity contribution in [1.82, 2.24) is 5.32 Å². The molecule has 0 fully saturated rings. The van der Waals surface area contributed by atoms with Crippen LogP contribution in [-0.2, 0) is 9.53 Å². The highest BCUT2D eigenvalue weighted by Crippen LogP contribution is 2.06. The molecule has 19 heavy (non-hydrogen) atoms. The Bertz CT molecular complexity index is 425. The summed E-state index contributed by atoms with van der Waals surface area (Å²) in [7, 11) is 0. The number of hydrogen-bond donors (Lipinski definition) is 2. The lowest BCUT2D eigenvalue weighted by Gasteiger charge is -2.14. The molecule has 5 heteroatoms. The largest absolute Gasteiger partial charge is 0.452 e. The molecule has 0 atom stereocenters. The number of amides is 1. The number of hydrogen-bond acceptors (Lipinski definition) is 4. The van der Waals surface area contributed by atoms with Gasteiger partial charge in [0.1, 0.15) is 0 Å². The number of benzene rings is 1. The molecule has 3 N–H and O–H groups in total. The molecule has 0 saturated heterocycles. The summed E-state index contributed by atoms with van der Waals surface area (Å²) in [6.07, 6.45) is 1.71. The van der Waals surface area contributed by atoms with Gasteiger partial charge in [-0.15, -0.1) is 0 Å². The normalized spacial score (nSPS) is 10.3. The second kappa shape index (κ2) is 7.41. The average molecular weight is 264 g/mol. The van der Waals surface area contributed by atoms with Gasteiger partial charge in [0.25, 0.3) is 5.91 Å². The fourth-order valence-electron chi connectivity index (χ4n) is 1.60. The lowest BCUT2D eigenvalue weighted by atomic mass is 10.2. The van der Waals surface area contributed by atoms with Gasteiger partial charge < -0.3 is 15.8 Å². The van der Waals surface area contributed by atoms with Crippen LogP contribution in [-0.4, -0.2) is 24.5 Å². The van der Waals surface area contributed by atoms with Crippen LogP contribution in [0.15, 0.2) is 24.3 Å². The molecule has 0 aromatic heterocycles. The second-order valence-electron chi connectivity index (χ2n) is 4.28. The van der Waals surface area contributed by atoms with Crippen LogP contribution in [0.1, 0.15) is 37.0 Å². The Labute approximate surface area is 113 Å². The third-order valence-corrected chi connectivity index (χ3v) is 2.83. The van der Waals surface area contributed by atoms with Gasteiger partial charge in [0.05, 0.1) is 5.56 Å². The monoisotopic (exact) mass is 264 g/mol. The van der Waals surface area contributed by atoms with Crippen molar-refractivity contribution >= 4 is 17.6 Å². The second-order valence-corrected chi connectivity index (χ2v) is 4.28. The minimum absolute atomic E-state index is 0.128. The molecule has 104 valence electrons. The maximum Gasteiger partial charge on any atom is 0.338 e. The van der Waals surface area contributed by atoms with E-state index in [4.69, 9.17) is 10.5 Å². The van der Waals surface area contributed by atoms with Crippen molar-refractivity contribution in [2.24, 2.45) is 0 Å². The van der Waals surface area contributed by atoms with Gasteiger partial charge in [0.15, 0.2) is 6.61 Å². The first-order valence-corrected chi connectivity index (χ1v) is 6.38. The van der Waals surface area contributed by atoms with Crippen LogP contribution in [0.3, 0.4) is 0 Å². The molecule has 1 aromatic carbocycles. The highest BCUT2D eigenvalue weighted by atomic mass is 16.5. The Hall–Kier alpha value is -2.04. The van der Waals surface area contributed by atoms with Crippen molar-refractivity contribution in [2.45, 2.75) is 32.7 Å². The summed E-state index contributed by atoms with van der Waals surface area (Å²) in [5.74, 6) is -0.808. The number of nitrogens with one attached hydrogen (secondary N) is 1. The Morgan fingerprint density at radius 1 is 1.21 bits per heavy atom. The first kappa shape index (κ1) is 15.0. The van der Waals surface area contributed by atoms with E-state index in [-0.39, 0.29) is 18.6 Å². The van der Waals surface area contributed by atoms with Crippen LogP contribution in [0, 0.1) is 0 Å². The number of ether oxygens (including phenoxy) is 1. The fraction of sp³-hybridized carbons (Fsp3) is 0.429. The zero-order valence-electron chi connectivity index (χ0n) is 11.3. The summed E-state index contributed by atoms with van der Waals surface area (Å²) >= 11 is 0. The number of carbonyl (C=O) groups excluding carboxylic acids is 2. The molecular formula is C14H20N2O3.